The quantitative estimate of drug-likeness (QED) is 0.189. The summed E-state index contributed by atoms with van der Waals surface area (Å²) in [4.78, 5) is 43.3. The van der Waals surface area contributed by atoms with Crippen LogP contribution in [0.15, 0.2) is 67.0 Å². The van der Waals surface area contributed by atoms with Crippen LogP contribution in [-0.2, 0) is 36.7 Å². The molecule has 1 aromatic heterocycles. The van der Waals surface area contributed by atoms with Gasteiger partial charge in [-0.1, -0.05) is 57.2 Å². The molecule has 3 amide bonds. The number of ether oxygens (including phenoxy) is 4. The summed E-state index contributed by atoms with van der Waals surface area (Å²) in [5.74, 6) is -2.36. The van der Waals surface area contributed by atoms with Crippen LogP contribution >= 0.6 is 0 Å². The molecule has 3 aromatic rings. The van der Waals surface area contributed by atoms with Crippen LogP contribution in [0.1, 0.15) is 38.3 Å². The number of rotatable bonds is 13. The van der Waals surface area contributed by atoms with Gasteiger partial charge in [-0.05, 0) is 47.1 Å². The third-order valence-electron chi connectivity index (χ3n) is 9.05. The van der Waals surface area contributed by atoms with Crippen molar-refractivity contribution in [3.05, 3.63) is 89.8 Å². The third-order valence-corrected chi connectivity index (χ3v) is 9.05. The second-order valence-corrected chi connectivity index (χ2v) is 14.0. The van der Waals surface area contributed by atoms with E-state index in [2.05, 4.69) is 21.0 Å². The maximum atomic E-state index is 14.9. The molecular formula is C37H45F2N5O8. The molecule has 15 heteroatoms. The van der Waals surface area contributed by atoms with Crippen molar-refractivity contribution in [3.63, 3.8) is 0 Å². The van der Waals surface area contributed by atoms with Crippen molar-refractivity contribution in [1.82, 2.24) is 26.1 Å². The second-order valence-electron chi connectivity index (χ2n) is 14.0. The van der Waals surface area contributed by atoms with Gasteiger partial charge in [0, 0.05) is 37.1 Å². The Morgan fingerprint density at radius 1 is 1.04 bits per heavy atom. The Labute approximate surface area is 300 Å². The fourth-order valence-corrected chi connectivity index (χ4v) is 6.22. The maximum absolute atomic E-state index is 14.9. The highest BCUT2D eigenvalue weighted by molar-refractivity contribution is 5.86. The molecule has 280 valence electrons. The SMILES string of the molecule is COC(=O)NC(C(=O)NC(Cc1ccc(-c2cccnc2)cc1)C(O)CN(Cc1ccc(F)cc1F)NC(=O)OC1COC2OCCC12)C(C)(C)C. The molecule has 52 heavy (non-hydrogen) atoms. The van der Waals surface area contributed by atoms with Crippen LogP contribution in [0.2, 0.25) is 0 Å². The van der Waals surface area contributed by atoms with Crippen LogP contribution in [-0.4, -0.2) is 90.6 Å². The minimum Gasteiger partial charge on any atom is -0.453 e. The zero-order chi connectivity index (χ0) is 37.4. The minimum atomic E-state index is -1.38. The van der Waals surface area contributed by atoms with Gasteiger partial charge in [0.1, 0.15) is 23.8 Å². The maximum Gasteiger partial charge on any atom is 0.422 e. The molecule has 6 atom stereocenters. The number of benzene rings is 2. The predicted octanol–water partition coefficient (Wildman–Crippen LogP) is 4.09. The van der Waals surface area contributed by atoms with Gasteiger partial charge in [-0.15, -0.1) is 0 Å². The van der Waals surface area contributed by atoms with Crippen molar-refractivity contribution in [2.45, 2.75) is 70.7 Å². The normalized spacial score (nSPS) is 20.0. The highest BCUT2D eigenvalue weighted by atomic mass is 19.1. The largest absolute Gasteiger partial charge is 0.453 e. The number of hydrazine groups is 1. The zero-order valence-electron chi connectivity index (χ0n) is 29.5. The van der Waals surface area contributed by atoms with Crippen molar-refractivity contribution in [2.24, 2.45) is 11.3 Å². The molecule has 2 aliphatic heterocycles. The number of nitrogens with zero attached hydrogens (tertiary/aromatic N) is 2. The van der Waals surface area contributed by atoms with E-state index in [1.54, 1.807) is 33.2 Å². The molecule has 0 radical (unpaired) electrons. The summed E-state index contributed by atoms with van der Waals surface area (Å²) in [6, 6.07) is 12.2. The molecule has 2 aromatic carbocycles. The number of alkyl carbamates (subject to hydrolysis) is 1. The number of aliphatic hydroxyl groups excluding tert-OH is 1. The van der Waals surface area contributed by atoms with E-state index in [-0.39, 0.29) is 37.6 Å². The van der Waals surface area contributed by atoms with Gasteiger partial charge >= 0.3 is 12.2 Å². The number of methoxy groups -OCH3 is 1. The first-order chi connectivity index (χ1) is 24.8. The number of pyridine rings is 1. The number of amides is 3. The summed E-state index contributed by atoms with van der Waals surface area (Å²) in [5.41, 5.74) is 4.43. The Kier molecular flexibility index (Phi) is 12.8. The summed E-state index contributed by atoms with van der Waals surface area (Å²) in [6.45, 7) is 5.29. The van der Waals surface area contributed by atoms with E-state index in [9.17, 15) is 28.3 Å². The Balaban J connectivity index is 1.38. The van der Waals surface area contributed by atoms with Crippen LogP contribution in [0.5, 0.6) is 0 Å². The Morgan fingerprint density at radius 2 is 1.81 bits per heavy atom. The van der Waals surface area contributed by atoms with Gasteiger partial charge in [0.2, 0.25) is 5.91 Å². The summed E-state index contributed by atoms with van der Waals surface area (Å²) in [7, 11) is 1.19. The Hall–Kier alpha value is -4.70. The number of nitrogens with one attached hydrogen (secondary N) is 3. The lowest BCUT2D eigenvalue weighted by Crippen LogP contribution is -2.59. The fraction of sp³-hybridized carbons (Fsp3) is 0.459. The van der Waals surface area contributed by atoms with Crippen LogP contribution < -0.4 is 16.1 Å². The molecule has 0 bridgehead atoms. The number of aliphatic hydroxyl groups is 1. The Morgan fingerprint density at radius 3 is 2.48 bits per heavy atom. The number of aromatic nitrogens is 1. The van der Waals surface area contributed by atoms with E-state index in [1.807, 2.05) is 36.4 Å². The summed E-state index contributed by atoms with van der Waals surface area (Å²) >= 11 is 0. The number of fused-ring (bicyclic) bond motifs is 1. The van der Waals surface area contributed by atoms with Gasteiger partial charge in [0.15, 0.2) is 6.29 Å². The van der Waals surface area contributed by atoms with Crippen molar-refractivity contribution in [1.29, 1.82) is 0 Å². The molecule has 4 N–H and O–H groups in total. The highest BCUT2D eigenvalue weighted by Crippen LogP contribution is 2.33. The number of carbonyl (C=O) groups is 3. The average molecular weight is 726 g/mol. The second kappa shape index (κ2) is 17.2. The Bertz CT molecular complexity index is 1680. The molecule has 6 unspecified atom stereocenters. The van der Waals surface area contributed by atoms with E-state index in [0.717, 1.165) is 28.8 Å². The van der Waals surface area contributed by atoms with Crippen molar-refractivity contribution in [3.8, 4) is 11.1 Å². The molecule has 2 saturated heterocycles. The lowest BCUT2D eigenvalue weighted by molar-refractivity contribution is -0.127. The van der Waals surface area contributed by atoms with Gasteiger partial charge in [0.05, 0.1) is 38.4 Å². The first-order valence-electron chi connectivity index (χ1n) is 17.0. The number of halogens is 2. The molecule has 3 heterocycles. The third kappa shape index (κ3) is 10.2. The molecule has 13 nitrogen and oxygen atoms in total. The molecule has 0 spiro atoms. The highest BCUT2D eigenvalue weighted by Gasteiger charge is 2.44. The van der Waals surface area contributed by atoms with Gasteiger partial charge in [-0.2, -0.15) is 0 Å². The van der Waals surface area contributed by atoms with Gasteiger partial charge in [0.25, 0.3) is 0 Å². The molecular weight excluding hydrogens is 680 g/mol. The monoisotopic (exact) mass is 725 g/mol. The molecule has 0 aliphatic carbocycles. The van der Waals surface area contributed by atoms with E-state index >= 15 is 0 Å². The van der Waals surface area contributed by atoms with E-state index in [0.29, 0.717) is 13.0 Å². The summed E-state index contributed by atoms with van der Waals surface area (Å²) in [6.07, 6.45) is 0.0765. The topological polar surface area (TPSA) is 161 Å². The lowest BCUT2D eigenvalue weighted by atomic mass is 9.85. The van der Waals surface area contributed by atoms with E-state index < -0.39 is 65.7 Å². The first kappa shape index (κ1) is 38.5. The van der Waals surface area contributed by atoms with Crippen LogP contribution in [0, 0.1) is 23.0 Å². The van der Waals surface area contributed by atoms with Crippen LogP contribution in [0.4, 0.5) is 18.4 Å². The fourth-order valence-electron chi connectivity index (χ4n) is 6.22. The summed E-state index contributed by atoms with van der Waals surface area (Å²) in [5, 5.41) is 18.5. The average Bonchev–Trinajstić information content (AvgIpc) is 3.73. The minimum absolute atomic E-state index is 0.0315. The number of carbonyl (C=O) groups excluding carboxylic acids is 3. The zero-order valence-corrected chi connectivity index (χ0v) is 29.5. The van der Waals surface area contributed by atoms with Gasteiger partial charge in [-0.25, -0.2) is 23.4 Å². The smallest absolute Gasteiger partial charge is 0.422 e. The van der Waals surface area contributed by atoms with Gasteiger partial charge < -0.3 is 34.7 Å². The molecule has 0 saturated carbocycles. The molecule has 2 fully saturated rings. The van der Waals surface area contributed by atoms with Crippen molar-refractivity contribution < 1.29 is 47.2 Å². The van der Waals surface area contributed by atoms with E-state index in [4.69, 9.17) is 18.9 Å². The first-order valence-corrected chi connectivity index (χ1v) is 17.0. The van der Waals surface area contributed by atoms with E-state index in [1.165, 1.54) is 18.2 Å². The summed E-state index contributed by atoms with van der Waals surface area (Å²) < 4.78 is 50.1. The van der Waals surface area contributed by atoms with Gasteiger partial charge in [-0.3, -0.25) is 15.2 Å². The number of hydrogen-bond acceptors (Lipinski definition) is 10. The van der Waals surface area contributed by atoms with Crippen molar-refractivity contribution in [2.75, 3.05) is 26.9 Å². The van der Waals surface area contributed by atoms with Crippen LogP contribution in [0.25, 0.3) is 11.1 Å². The molecule has 5 rings (SSSR count). The predicted molar refractivity (Wildman–Crippen MR) is 184 cm³/mol. The standard InChI is InChI=1S/C37H45F2N5O8/c1-37(2,3)32(42-35(47)49-4)33(46)41-29(16-22-7-9-23(10-8-22)24-6-5-14-40-18-24)30(45)20-44(19-25-11-12-26(38)17-28(25)39)43-36(48)52-31-21-51-34-27(31)13-15-50-34/h5-12,14,17-18,27,29-32,34,45H,13,15-16,19-21H2,1-4H3,(H,41,46)(H,42,47)(H,43,48). The van der Waals surface area contributed by atoms with Crippen LogP contribution in [0.3, 0.4) is 0 Å². The lowest BCUT2D eigenvalue weighted by Gasteiger charge is -2.34. The van der Waals surface area contributed by atoms with Crippen molar-refractivity contribution >= 4 is 18.1 Å². The number of hydrogen-bond donors (Lipinski definition) is 4. The molecule has 2 aliphatic rings.